The van der Waals surface area contributed by atoms with Crippen LogP contribution in [0.5, 0.6) is 0 Å². The van der Waals surface area contributed by atoms with Gasteiger partial charge in [-0.3, -0.25) is 4.40 Å². The predicted octanol–water partition coefficient (Wildman–Crippen LogP) is 4.13. The molecule has 0 bridgehead atoms. The van der Waals surface area contributed by atoms with E-state index in [0.717, 1.165) is 28.4 Å². The van der Waals surface area contributed by atoms with Crippen molar-refractivity contribution in [2.24, 2.45) is 0 Å². The molecule has 2 heterocycles. The van der Waals surface area contributed by atoms with Gasteiger partial charge >= 0.3 is 0 Å². The predicted molar refractivity (Wildman–Crippen MR) is 88.7 cm³/mol. The number of hydrogen-bond donors (Lipinski definition) is 1. The third-order valence-electron chi connectivity index (χ3n) is 4.00. The first-order chi connectivity index (χ1) is 9.88. The number of pyridine rings is 1. The smallest absolute Gasteiger partial charge is 0.139 e. The first-order valence-electron chi connectivity index (χ1n) is 7.22. The normalized spacial score (nSPS) is 11.3. The van der Waals surface area contributed by atoms with Crippen LogP contribution in [0.3, 0.4) is 0 Å². The second kappa shape index (κ2) is 4.62. The topological polar surface area (TPSA) is 43.3 Å². The zero-order chi connectivity index (χ0) is 15.3. The summed E-state index contributed by atoms with van der Waals surface area (Å²) in [7, 11) is 0. The Morgan fingerprint density at radius 3 is 2.05 bits per heavy atom. The lowest BCUT2D eigenvalue weighted by Gasteiger charge is -2.10. The number of fused-ring (bicyclic) bond motifs is 1. The number of aryl methyl sites for hydroxylation is 5. The molecule has 0 fully saturated rings. The molecule has 0 amide bonds. The molecule has 0 atom stereocenters. The van der Waals surface area contributed by atoms with Gasteiger partial charge < -0.3 is 5.73 Å². The highest BCUT2D eigenvalue weighted by molar-refractivity contribution is 5.79. The molecule has 2 aromatic heterocycles. The van der Waals surface area contributed by atoms with Gasteiger partial charge in [0.05, 0.1) is 0 Å². The molecule has 3 heteroatoms. The van der Waals surface area contributed by atoms with E-state index in [-0.39, 0.29) is 0 Å². The molecule has 0 saturated carbocycles. The van der Waals surface area contributed by atoms with E-state index in [1.54, 1.807) is 0 Å². The van der Waals surface area contributed by atoms with Crippen molar-refractivity contribution in [1.82, 2.24) is 9.38 Å². The number of rotatable bonds is 1. The number of benzene rings is 1. The van der Waals surface area contributed by atoms with Crippen molar-refractivity contribution < 1.29 is 0 Å². The minimum absolute atomic E-state index is 0.720. The van der Waals surface area contributed by atoms with Gasteiger partial charge in [-0.05, 0) is 63.4 Å². The molecule has 3 nitrogen and oxygen atoms in total. The molecule has 0 aliphatic rings. The van der Waals surface area contributed by atoms with Crippen LogP contribution in [0.2, 0.25) is 0 Å². The van der Waals surface area contributed by atoms with Crippen LogP contribution < -0.4 is 5.73 Å². The zero-order valence-electron chi connectivity index (χ0n) is 13.3. The number of nitrogen functional groups attached to an aromatic ring is 1. The number of hydrogen-bond acceptors (Lipinski definition) is 2. The highest BCUT2D eigenvalue weighted by atomic mass is 15.1. The Morgan fingerprint density at radius 2 is 1.43 bits per heavy atom. The highest BCUT2D eigenvalue weighted by Gasteiger charge is 2.16. The van der Waals surface area contributed by atoms with Gasteiger partial charge in [-0.15, -0.1) is 0 Å². The zero-order valence-corrected chi connectivity index (χ0v) is 13.3. The van der Waals surface area contributed by atoms with E-state index in [1.165, 1.54) is 22.3 Å². The van der Waals surface area contributed by atoms with Crippen molar-refractivity contribution in [2.45, 2.75) is 34.6 Å². The van der Waals surface area contributed by atoms with Crippen LogP contribution >= 0.6 is 0 Å². The number of anilines is 1. The summed E-state index contributed by atoms with van der Waals surface area (Å²) in [6.07, 6.45) is 0. The summed E-state index contributed by atoms with van der Waals surface area (Å²) in [5.74, 6) is 0.720. The molecule has 21 heavy (non-hydrogen) atoms. The summed E-state index contributed by atoms with van der Waals surface area (Å²) in [5.41, 5.74) is 15.4. The van der Waals surface area contributed by atoms with Gasteiger partial charge in [-0.2, -0.15) is 0 Å². The second-order valence-electron chi connectivity index (χ2n) is 5.99. The third-order valence-corrected chi connectivity index (χ3v) is 4.00. The van der Waals surface area contributed by atoms with Crippen molar-refractivity contribution in [2.75, 3.05) is 5.73 Å². The molecular formula is C18H21N3. The molecule has 0 aliphatic heterocycles. The molecule has 0 aliphatic carbocycles. The van der Waals surface area contributed by atoms with E-state index in [0.29, 0.717) is 0 Å². The molecule has 1 aromatic carbocycles. The fraction of sp³-hybridized carbons (Fsp3) is 0.278. The quantitative estimate of drug-likeness (QED) is 0.728. The average Bonchev–Trinajstić information content (AvgIpc) is 2.65. The number of imidazole rings is 1. The second-order valence-corrected chi connectivity index (χ2v) is 5.99. The minimum atomic E-state index is 0.720. The number of nitrogens with two attached hydrogens (primary N) is 1. The maximum atomic E-state index is 6.40. The van der Waals surface area contributed by atoms with Crippen LogP contribution in [0.15, 0.2) is 24.3 Å². The van der Waals surface area contributed by atoms with E-state index in [2.05, 4.69) is 58.9 Å². The largest absolute Gasteiger partial charge is 0.383 e. The van der Waals surface area contributed by atoms with Crippen LogP contribution in [-0.2, 0) is 0 Å². The van der Waals surface area contributed by atoms with E-state index in [1.807, 2.05) is 4.40 Å². The summed E-state index contributed by atoms with van der Waals surface area (Å²) in [6.45, 7) is 10.5. The Labute approximate surface area is 125 Å². The van der Waals surface area contributed by atoms with E-state index >= 15 is 0 Å². The van der Waals surface area contributed by atoms with Gasteiger partial charge in [0.25, 0.3) is 0 Å². The molecule has 0 radical (unpaired) electrons. The average molecular weight is 279 g/mol. The van der Waals surface area contributed by atoms with E-state index in [9.17, 15) is 0 Å². The number of nitrogens with zero attached hydrogens (tertiary/aromatic N) is 2. The van der Waals surface area contributed by atoms with Gasteiger partial charge in [0.15, 0.2) is 0 Å². The van der Waals surface area contributed by atoms with Crippen LogP contribution in [0.4, 0.5) is 5.82 Å². The Morgan fingerprint density at radius 1 is 0.857 bits per heavy atom. The lowest BCUT2D eigenvalue weighted by molar-refractivity contribution is 1.09. The number of aromatic nitrogens is 2. The Balaban J connectivity index is 2.37. The Bertz CT molecular complexity index is 834. The van der Waals surface area contributed by atoms with E-state index in [4.69, 9.17) is 10.7 Å². The van der Waals surface area contributed by atoms with Gasteiger partial charge in [-0.25, -0.2) is 4.98 Å². The van der Waals surface area contributed by atoms with Crippen molar-refractivity contribution >= 4 is 11.5 Å². The van der Waals surface area contributed by atoms with Crippen molar-refractivity contribution in [3.63, 3.8) is 0 Å². The van der Waals surface area contributed by atoms with Crippen LogP contribution in [0, 0.1) is 34.6 Å². The Kier molecular flexibility index (Phi) is 3.01. The first kappa shape index (κ1) is 13.7. The summed E-state index contributed by atoms with van der Waals surface area (Å²) < 4.78 is 2.03. The summed E-state index contributed by atoms with van der Waals surface area (Å²) >= 11 is 0. The van der Waals surface area contributed by atoms with Gasteiger partial charge in [0.2, 0.25) is 0 Å². The molecule has 0 saturated heterocycles. The van der Waals surface area contributed by atoms with Crippen molar-refractivity contribution in [1.29, 1.82) is 0 Å². The maximum Gasteiger partial charge on any atom is 0.139 e. The standard InChI is InChI=1S/C18H21N3/c1-10-6-12(3)16(13(4)7-10)17-18(19)21-14(5)8-11(2)9-15(21)20-17/h6-9H,19H2,1-5H3. The SMILES string of the molecule is Cc1cc(C)c(-c2nc3cc(C)cc(C)n3c2N)c(C)c1. The highest BCUT2D eigenvalue weighted by Crippen LogP contribution is 2.33. The molecule has 0 spiro atoms. The molecule has 3 aromatic rings. The monoisotopic (exact) mass is 279 g/mol. The molecule has 3 rings (SSSR count). The van der Waals surface area contributed by atoms with Crippen LogP contribution in [0.1, 0.15) is 27.9 Å². The molecule has 108 valence electrons. The van der Waals surface area contributed by atoms with Crippen molar-refractivity contribution in [3.8, 4) is 11.3 Å². The maximum absolute atomic E-state index is 6.40. The van der Waals surface area contributed by atoms with Gasteiger partial charge in [0, 0.05) is 11.3 Å². The van der Waals surface area contributed by atoms with E-state index < -0.39 is 0 Å². The first-order valence-corrected chi connectivity index (χ1v) is 7.22. The third kappa shape index (κ3) is 2.09. The summed E-state index contributed by atoms with van der Waals surface area (Å²) in [5, 5.41) is 0. The Hall–Kier alpha value is -2.29. The molecule has 2 N–H and O–H groups in total. The summed E-state index contributed by atoms with van der Waals surface area (Å²) in [4.78, 5) is 4.79. The molecular weight excluding hydrogens is 258 g/mol. The summed E-state index contributed by atoms with van der Waals surface area (Å²) in [6, 6.07) is 8.57. The van der Waals surface area contributed by atoms with Crippen LogP contribution in [-0.4, -0.2) is 9.38 Å². The fourth-order valence-corrected chi connectivity index (χ4v) is 3.30. The van der Waals surface area contributed by atoms with Gasteiger partial charge in [0.1, 0.15) is 17.2 Å². The van der Waals surface area contributed by atoms with Crippen LogP contribution in [0.25, 0.3) is 16.9 Å². The minimum Gasteiger partial charge on any atom is -0.383 e. The van der Waals surface area contributed by atoms with Crippen molar-refractivity contribution in [3.05, 3.63) is 52.2 Å². The lowest BCUT2D eigenvalue weighted by Crippen LogP contribution is -1.99. The molecule has 0 unspecified atom stereocenters. The lowest BCUT2D eigenvalue weighted by atomic mass is 9.97. The fourth-order valence-electron chi connectivity index (χ4n) is 3.30. The van der Waals surface area contributed by atoms with Gasteiger partial charge in [-0.1, -0.05) is 17.7 Å².